The molecule has 0 heterocycles. The number of hydrogen-bond donors (Lipinski definition) is 2. The average Bonchev–Trinajstić information content (AvgIpc) is 2.42. The number of hydrogen-bond acceptors (Lipinski definition) is 3. The normalized spacial score (nSPS) is 12.0. The van der Waals surface area contributed by atoms with E-state index in [0.717, 1.165) is 6.07 Å². The van der Waals surface area contributed by atoms with Crippen LogP contribution in [0.15, 0.2) is 12.1 Å². The van der Waals surface area contributed by atoms with E-state index in [1.165, 1.54) is 20.1 Å². The quantitative estimate of drug-likeness (QED) is 0.754. The minimum Gasteiger partial charge on any atom is -0.480 e. The van der Waals surface area contributed by atoms with Crippen molar-refractivity contribution in [2.45, 2.75) is 25.8 Å². The molecule has 0 bridgehead atoms. The zero-order chi connectivity index (χ0) is 16.0. The second-order valence-electron chi connectivity index (χ2n) is 4.55. The van der Waals surface area contributed by atoms with Gasteiger partial charge in [-0.3, -0.25) is 4.79 Å². The summed E-state index contributed by atoms with van der Waals surface area (Å²) in [6.45, 7) is 1.71. The summed E-state index contributed by atoms with van der Waals surface area (Å²) in [6, 6.07) is 0.940. The molecule has 0 aliphatic heterocycles. The van der Waals surface area contributed by atoms with E-state index in [1.807, 2.05) is 0 Å². The van der Waals surface area contributed by atoms with Crippen LogP contribution < -0.4 is 5.32 Å². The van der Waals surface area contributed by atoms with Crippen molar-refractivity contribution < 1.29 is 28.2 Å². The van der Waals surface area contributed by atoms with Gasteiger partial charge in [0.25, 0.3) is 5.91 Å². The largest absolute Gasteiger partial charge is 0.480 e. The van der Waals surface area contributed by atoms with Crippen LogP contribution >= 0.6 is 0 Å². The molecule has 0 saturated carbocycles. The molecule has 21 heavy (non-hydrogen) atoms. The Kier molecular flexibility index (Phi) is 6.23. The van der Waals surface area contributed by atoms with E-state index < -0.39 is 35.1 Å². The molecule has 0 fully saturated rings. The highest BCUT2D eigenvalue weighted by atomic mass is 19.1. The summed E-state index contributed by atoms with van der Waals surface area (Å²) in [6.07, 6.45) is 0.497. The highest BCUT2D eigenvalue weighted by Gasteiger charge is 2.25. The molecular formula is C14H17F2NO4. The molecule has 0 aromatic heterocycles. The van der Waals surface area contributed by atoms with Crippen molar-refractivity contribution in [3.05, 3.63) is 34.9 Å². The summed E-state index contributed by atoms with van der Waals surface area (Å²) in [7, 11) is 1.46. The van der Waals surface area contributed by atoms with E-state index in [9.17, 15) is 18.4 Å². The fourth-order valence-corrected chi connectivity index (χ4v) is 1.78. The Balaban J connectivity index is 2.87. The Morgan fingerprint density at radius 3 is 2.62 bits per heavy atom. The molecule has 116 valence electrons. The Morgan fingerprint density at radius 1 is 1.38 bits per heavy atom. The number of carbonyl (C=O) groups is 2. The smallest absolute Gasteiger partial charge is 0.326 e. The maximum Gasteiger partial charge on any atom is 0.326 e. The molecule has 2 N–H and O–H groups in total. The number of aryl methyl sites for hydroxylation is 1. The first-order valence-electron chi connectivity index (χ1n) is 6.35. The predicted octanol–water partition coefficient (Wildman–Crippen LogP) is 1.88. The summed E-state index contributed by atoms with van der Waals surface area (Å²) in [5.74, 6) is -4.38. The molecule has 1 amide bonds. The van der Waals surface area contributed by atoms with Crippen molar-refractivity contribution in [3.8, 4) is 0 Å². The monoisotopic (exact) mass is 301 g/mol. The highest BCUT2D eigenvalue weighted by molar-refractivity contribution is 5.97. The molecular weight excluding hydrogens is 284 g/mol. The Hall–Kier alpha value is -2.02. The summed E-state index contributed by atoms with van der Waals surface area (Å²) < 4.78 is 32.2. The molecule has 1 unspecified atom stereocenters. The second kappa shape index (κ2) is 7.68. The standard InChI is InChI=1S/C14H17F2NO4/c1-8-5-6-9(15)11(12(8)16)13(18)17-10(14(19)20)4-3-7-21-2/h5-6,10H,3-4,7H2,1-2H3,(H,17,18)(H,19,20). The SMILES string of the molecule is COCCCC(NC(=O)c1c(F)ccc(C)c1F)C(=O)O. The van der Waals surface area contributed by atoms with Gasteiger partial charge >= 0.3 is 5.97 Å². The van der Waals surface area contributed by atoms with Gasteiger partial charge in [0, 0.05) is 13.7 Å². The summed E-state index contributed by atoms with van der Waals surface area (Å²) in [5.41, 5.74) is -0.666. The number of amides is 1. The van der Waals surface area contributed by atoms with Gasteiger partial charge in [0.15, 0.2) is 0 Å². The Bertz CT molecular complexity index is 534. The van der Waals surface area contributed by atoms with E-state index in [2.05, 4.69) is 5.32 Å². The van der Waals surface area contributed by atoms with Crippen molar-refractivity contribution in [1.29, 1.82) is 0 Å². The molecule has 1 aromatic rings. The molecule has 0 aliphatic rings. The lowest BCUT2D eigenvalue weighted by molar-refractivity contribution is -0.139. The van der Waals surface area contributed by atoms with Gasteiger partial charge in [0.1, 0.15) is 23.2 Å². The Labute approximate surface area is 120 Å². The van der Waals surface area contributed by atoms with Crippen molar-refractivity contribution in [2.75, 3.05) is 13.7 Å². The summed E-state index contributed by atoms with van der Waals surface area (Å²) >= 11 is 0. The van der Waals surface area contributed by atoms with Crippen LogP contribution in [-0.4, -0.2) is 36.7 Å². The van der Waals surface area contributed by atoms with Crippen LogP contribution in [0.4, 0.5) is 8.78 Å². The molecule has 7 heteroatoms. The number of aliphatic carboxylic acids is 1. The van der Waals surface area contributed by atoms with E-state index in [1.54, 1.807) is 0 Å². The van der Waals surface area contributed by atoms with Crippen LogP contribution in [0.2, 0.25) is 0 Å². The predicted molar refractivity (Wildman–Crippen MR) is 71.1 cm³/mol. The maximum atomic E-state index is 13.8. The minimum absolute atomic E-state index is 0.101. The highest BCUT2D eigenvalue weighted by Crippen LogP contribution is 2.16. The van der Waals surface area contributed by atoms with Crippen LogP contribution in [0.3, 0.4) is 0 Å². The average molecular weight is 301 g/mol. The number of carbonyl (C=O) groups excluding carboxylic acids is 1. The number of methoxy groups -OCH3 is 1. The lowest BCUT2D eigenvalue weighted by Gasteiger charge is -2.15. The van der Waals surface area contributed by atoms with E-state index in [4.69, 9.17) is 9.84 Å². The van der Waals surface area contributed by atoms with Gasteiger partial charge < -0.3 is 15.2 Å². The number of halogens is 2. The van der Waals surface area contributed by atoms with Crippen LogP contribution in [0, 0.1) is 18.6 Å². The van der Waals surface area contributed by atoms with Crippen molar-refractivity contribution in [1.82, 2.24) is 5.32 Å². The third-order valence-corrected chi connectivity index (χ3v) is 2.96. The van der Waals surface area contributed by atoms with E-state index >= 15 is 0 Å². The van der Waals surface area contributed by atoms with Gasteiger partial charge in [-0.2, -0.15) is 0 Å². The van der Waals surface area contributed by atoms with E-state index in [0.29, 0.717) is 13.0 Å². The van der Waals surface area contributed by atoms with Crippen LogP contribution in [-0.2, 0) is 9.53 Å². The zero-order valence-electron chi connectivity index (χ0n) is 11.8. The number of carboxylic acids is 1. The van der Waals surface area contributed by atoms with Gasteiger partial charge in [-0.15, -0.1) is 0 Å². The number of nitrogens with one attached hydrogen (secondary N) is 1. The van der Waals surface area contributed by atoms with Crippen molar-refractivity contribution in [3.63, 3.8) is 0 Å². The first-order valence-corrected chi connectivity index (χ1v) is 6.35. The van der Waals surface area contributed by atoms with Gasteiger partial charge in [0.05, 0.1) is 0 Å². The summed E-state index contributed by atoms with van der Waals surface area (Å²) in [5, 5.41) is 11.1. The van der Waals surface area contributed by atoms with Gasteiger partial charge in [-0.25, -0.2) is 13.6 Å². The van der Waals surface area contributed by atoms with Crippen molar-refractivity contribution >= 4 is 11.9 Å². The molecule has 0 spiro atoms. The van der Waals surface area contributed by atoms with Gasteiger partial charge in [-0.1, -0.05) is 6.07 Å². The first-order chi connectivity index (χ1) is 9.88. The molecule has 1 atom stereocenters. The lowest BCUT2D eigenvalue weighted by Crippen LogP contribution is -2.41. The molecule has 0 radical (unpaired) electrons. The first kappa shape index (κ1) is 17.0. The molecule has 1 rings (SSSR count). The maximum absolute atomic E-state index is 13.8. The van der Waals surface area contributed by atoms with Gasteiger partial charge in [-0.05, 0) is 31.4 Å². The van der Waals surface area contributed by atoms with Crippen LogP contribution in [0.1, 0.15) is 28.8 Å². The topological polar surface area (TPSA) is 75.6 Å². The zero-order valence-corrected chi connectivity index (χ0v) is 11.8. The fraction of sp³-hybridized carbons (Fsp3) is 0.429. The van der Waals surface area contributed by atoms with Crippen LogP contribution in [0.25, 0.3) is 0 Å². The van der Waals surface area contributed by atoms with E-state index in [-0.39, 0.29) is 12.0 Å². The number of ether oxygens (including phenoxy) is 1. The third-order valence-electron chi connectivity index (χ3n) is 2.96. The minimum atomic E-state index is -1.27. The Morgan fingerprint density at radius 2 is 2.05 bits per heavy atom. The third kappa shape index (κ3) is 4.49. The van der Waals surface area contributed by atoms with Crippen molar-refractivity contribution in [2.24, 2.45) is 0 Å². The number of rotatable bonds is 7. The molecule has 0 aliphatic carbocycles. The van der Waals surface area contributed by atoms with Crippen LogP contribution in [0.5, 0.6) is 0 Å². The molecule has 5 nitrogen and oxygen atoms in total. The summed E-state index contributed by atoms with van der Waals surface area (Å²) in [4.78, 5) is 23.0. The lowest BCUT2D eigenvalue weighted by atomic mass is 10.1. The fourth-order valence-electron chi connectivity index (χ4n) is 1.78. The second-order valence-corrected chi connectivity index (χ2v) is 4.55. The molecule has 0 saturated heterocycles. The number of carboxylic acid groups (broad SMARTS) is 1. The van der Waals surface area contributed by atoms with Gasteiger partial charge in [0.2, 0.25) is 0 Å². The number of benzene rings is 1. The molecule has 1 aromatic carbocycles.